The van der Waals surface area contributed by atoms with Crippen LogP contribution in [0, 0.1) is 0 Å². The summed E-state index contributed by atoms with van der Waals surface area (Å²) in [5, 5.41) is 5.12. The van der Waals surface area contributed by atoms with Crippen molar-refractivity contribution in [2.75, 3.05) is 6.54 Å². The van der Waals surface area contributed by atoms with Crippen molar-refractivity contribution >= 4 is 28.8 Å². The van der Waals surface area contributed by atoms with Crippen LogP contribution < -0.4 is 5.32 Å². The third-order valence-corrected chi connectivity index (χ3v) is 6.26. The lowest BCUT2D eigenvalue weighted by Crippen LogP contribution is -2.38. The van der Waals surface area contributed by atoms with Gasteiger partial charge in [0.1, 0.15) is 6.54 Å². The first kappa shape index (κ1) is 20.1. The molecule has 2 amide bonds. The SMILES string of the molecule is C=C1c2ccccc2C(=O)N1CC(=O)N[C@@H](c1ccc(CCC)cc1)c1cccs1. The van der Waals surface area contributed by atoms with Crippen molar-refractivity contribution in [3.8, 4) is 0 Å². The van der Waals surface area contributed by atoms with Crippen molar-refractivity contribution in [2.45, 2.75) is 25.8 Å². The summed E-state index contributed by atoms with van der Waals surface area (Å²) in [5.41, 5.74) is 4.27. The zero-order valence-electron chi connectivity index (χ0n) is 16.9. The topological polar surface area (TPSA) is 49.4 Å². The van der Waals surface area contributed by atoms with Gasteiger partial charge in [0, 0.05) is 21.7 Å². The van der Waals surface area contributed by atoms with Crippen molar-refractivity contribution in [3.63, 3.8) is 0 Å². The molecule has 1 atom stereocenters. The Morgan fingerprint density at radius 1 is 1.07 bits per heavy atom. The summed E-state index contributed by atoms with van der Waals surface area (Å²) >= 11 is 1.60. The molecule has 5 heteroatoms. The summed E-state index contributed by atoms with van der Waals surface area (Å²) in [4.78, 5) is 28.2. The third kappa shape index (κ3) is 3.94. The zero-order chi connectivity index (χ0) is 21.1. The van der Waals surface area contributed by atoms with E-state index in [0.29, 0.717) is 11.3 Å². The Morgan fingerprint density at radius 2 is 1.80 bits per heavy atom. The Kier molecular flexibility index (Phi) is 5.81. The van der Waals surface area contributed by atoms with Gasteiger partial charge < -0.3 is 5.32 Å². The highest BCUT2D eigenvalue weighted by Gasteiger charge is 2.32. The van der Waals surface area contributed by atoms with E-state index in [1.165, 1.54) is 10.5 Å². The summed E-state index contributed by atoms with van der Waals surface area (Å²) in [5.74, 6) is -0.393. The quantitative estimate of drug-likeness (QED) is 0.587. The average Bonchev–Trinajstić information content (AvgIpc) is 3.37. The lowest BCUT2D eigenvalue weighted by Gasteiger charge is -2.22. The number of carbonyl (C=O) groups excluding carboxylic acids is 2. The van der Waals surface area contributed by atoms with E-state index in [9.17, 15) is 9.59 Å². The predicted octanol–water partition coefficient (Wildman–Crippen LogP) is 5.03. The number of thiophene rings is 1. The number of hydrogen-bond donors (Lipinski definition) is 1. The van der Waals surface area contributed by atoms with Crippen LogP contribution >= 0.6 is 11.3 Å². The molecule has 2 heterocycles. The maximum absolute atomic E-state index is 12.9. The maximum atomic E-state index is 12.9. The van der Waals surface area contributed by atoms with Crippen molar-refractivity contribution in [1.29, 1.82) is 0 Å². The molecule has 1 aromatic heterocycles. The smallest absolute Gasteiger partial charge is 0.259 e. The van der Waals surface area contributed by atoms with Gasteiger partial charge in [-0.05, 0) is 35.1 Å². The van der Waals surface area contributed by atoms with Gasteiger partial charge in [-0.3, -0.25) is 14.5 Å². The highest BCUT2D eigenvalue weighted by molar-refractivity contribution is 7.10. The third-order valence-electron chi connectivity index (χ3n) is 5.33. The normalized spacial score (nSPS) is 14.0. The van der Waals surface area contributed by atoms with E-state index < -0.39 is 0 Å². The van der Waals surface area contributed by atoms with Gasteiger partial charge in [0.2, 0.25) is 5.91 Å². The molecular weight excluding hydrogens is 392 g/mol. The molecule has 30 heavy (non-hydrogen) atoms. The van der Waals surface area contributed by atoms with Gasteiger partial charge in [0.25, 0.3) is 5.91 Å². The van der Waals surface area contributed by atoms with Gasteiger partial charge in [0.15, 0.2) is 0 Å². The van der Waals surface area contributed by atoms with Gasteiger partial charge in [-0.1, -0.05) is 68.5 Å². The van der Waals surface area contributed by atoms with Crippen molar-refractivity contribution < 1.29 is 9.59 Å². The van der Waals surface area contributed by atoms with Gasteiger partial charge in [-0.15, -0.1) is 11.3 Å². The highest BCUT2D eigenvalue weighted by Crippen LogP contribution is 2.31. The molecule has 4 rings (SSSR count). The van der Waals surface area contributed by atoms with Crippen LogP contribution in [0.25, 0.3) is 5.70 Å². The van der Waals surface area contributed by atoms with Crippen LogP contribution in [-0.4, -0.2) is 23.3 Å². The highest BCUT2D eigenvalue weighted by atomic mass is 32.1. The Balaban J connectivity index is 1.52. The Hall–Kier alpha value is -3.18. The summed E-state index contributed by atoms with van der Waals surface area (Å²) in [6, 6.07) is 19.5. The van der Waals surface area contributed by atoms with Gasteiger partial charge in [-0.25, -0.2) is 0 Å². The molecule has 3 aromatic rings. The molecule has 0 saturated heterocycles. The molecular formula is C25H24N2O2S. The molecule has 0 fully saturated rings. The number of nitrogens with zero attached hydrogens (tertiary/aromatic N) is 1. The predicted molar refractivity (Wildman–Crippen MR) is 121 cm³/mol. The summed E-state index contributed by atoms with van der Waals surface area (Å²) < 4.78 is 0. The minimum atomic E-state index is -0.249. The number of aryl methyl sites for hydroxylation is 1. The number of rotatable bonds is 7. The van der Waals surface area contributed by atoms with E-state index in [1.807, 2.05) is 35.7 Å². The standard InChI is InChI=1S/C25H24N2O2S/c1-3-7-18-11-13-19(14-12-18)24(22-10-6-15-30-22)26-23(28)16-27-17(2)20-8-4-5-9-21(20)25(27)29/h4-6,8-15,24H,2-3,7,16H2,1H3,(H,26,28)/t24-/m0/s1. The molecule has 0 bridgehead atoms. The van der Waals surface area contributed by atoms with Crippen LogP contribution in [0.15, 0.2) is 72.6 Å². The number of benzene rings is 2. The molecule has 1 aliphatic heterocycles. The van der Waals surface area contributed by atoms with Crippen LogP contribution in [-0.2, 0) is 11.2 Å². The number of fused-ring (bicyclic) bond motifs is 1. The number of nitrogens with one attached hydrogen (secondary N) is 1. The Bertz CT molecular complexity index is 1040. The fraction of sp³-hybridized carbons (Fsp3) is 0.200. The molecule has 152 valence electrons. The monoisotopic (exact) mass is 416 g/mol. The molecule has 0 spiro atoms. The van der Waals surface area contributed by atoms with Gasteiger partial charge in [0.05, 0.1) is 6.04 Å². The Labute approximate surface area is 180 Å². The van der Waals surface area contributed by atoms with Crippen LogP contribution in [0.4, 0.5) is 0 Å². The lowest BCUT2D eigenvalue weighted by atomic mass is 10.0. The fourth-order valence-corrected chi connectivity index (χ4v) is 4.59. The zero-order valence-corrected chi connectivity index (χ0v) is 17.7. The van der Waals surface area contributed by atoms with Crippen LogP contribution in [0.5, 0.6) is 0 Å². The van der Waals surface area contributed by atoms with Gasteiger partial charge >= 0.3 is 0 Å². The lowest BCUT2D eigenvalue weighted by molar-refractivity contribution is -0.121. The molecule has 0 saturated carbocycles. The Morgan fingerprint density at radius 3 is 2.43 bits per heavy atom. The first-order valence-electron chi connectivity index (χ1n) is 10.1. The van der Waals surface area contributed by atoms with E-state index in [2.05, 4.69) is 43.1 Å². The summed E-state index contributed by atoms with van der Waals surface area (Å²) in [7, 11) is 0. The number of amides is 2. The molecule has 1 aliphatic rings. The molecule has 2 aromatic carbocycles. The second kappa shape index (κ2) is 8.67. The van der Waals surface area contributed by atoms with E-state index in [0.717, 1.165) is 28.8 Å². The second-order valence-electron chi connectivity index (χ2n) is 7.39. The fourth-order valence-electron chi connectivity index (χ4n) is 3.79. The molecule has 0 aliphatic carbocycles. The summed E-state index contributed by atoms with van der Waals surface area (Å²) in [6.45, 7) is 6.13. The van der Waals surface area contributed by atoms with E-state index in [1.54, 1.807) is 17.4 Å². The van der Waals surface area contributed by atoms with Crippen LogP contribution in [0.2, 0.25) is 0 Å². The minimum Gasteiger partial charge on any atom is -0.343 e. The van der Waals surface area contributed by atoms with Crippen LogP contribution in [0.1, 0.15) is 51.3 Å². The molecule has 4 nitrogen and oxygen atoms in total. The molecule has 1 N–H and O–H groups in total. The van der Waals surface area contributed by atoms with Crippen molar-refractivity contribution in [2.24, 2.45) is 0 Å². The number of hydrogen-bond acceptors (Lipinski definition) is 3. The second-order valence-corrected chi connectivity index (χ2v) is 8.37. The summed E-state index contributed by atoms with van der Waals surface area (Å²) in [6.07, 6.45) is 2.14. The number of carbonyl (C=O) groups is 2. The van der Waals surface area contributed by atoms with Crippen LogP contribution in [0.3, 0.4) is 0 Å². The van der Waals surface area contributed by atoms with E-state index in [4.69, 9.17) is 0 Å². The maximum Gasteiger partial charge on any atom is 0.259 e. The van der Waals surface area contributed by atoms with Crippen molar-refractivity contribution in [3.05, 3.63) is 99.8 Å². The van der Waals surface area contributed by atoms with Gasteiger partial charge in [-0.2, -0.15) is 0 Å². The largest absolute Gasteiger partial charge is 0.343 e. The van der Waals surface area contributed by atoms with Crippen molar-refractivity contribution in [1.82, 2.24) is 10.2 Å². The first-order valence-corrected chi connectivity index (χ1v) is 11.0. The molecule has 0 radical (unpaired) electrons. The van der Waals surface area contributed by atoms with E-state index in [-0.39, 0.29) is 24.4 Å². The average molecular weight is 417 g/mol. The molecule has 0 unspecified atom stereocenters. The first-order chi connectivity index (χ1) is 14.6. The van der Waals surface area contributed by atoms with E-state index >= 15 is 0 Å². The minimum absolute atomic E-state index is 0.0534.